The Hall–Kier alpha value is -3.21. The molecule has 24 heavy (non-hydrogen) atoms. The zero-order valence-electron chi connectivity index (χ0n) is 13.4. The molecule has 0 aliphatic carbocycles. The number of hydrogen-bond acceptors (Lipinski definition) is 4. The van der Waals surface area contributed by atoms with Gasteiger partial charge in [-0.05, 0) is 36.2 Å². The first-order chi connectivity index (χ1) is 11.7. The minimum absolute atomic E-state index is 0.236. The van der Waals surface area contributed by atoms with Crippen LogP contribution < -0.4 is 10.6 Å². The van der Waals surface area contributed by atoms with Gasteiger partial charge in [-0.3, -0.25) is 4.79 Å². The van der Waals surface area contributed by atoms with Crippen molar-refractivity contribution in [1.82, 2.24) is 9.97 Å². The second kappa shape index (κ2) is 7.37. The molecule has 3 rings (SSSR count). The third-order valence-corrected chi connectivity index (χ3v) is 3.56. The topological polar surface area (TPSA) is 66.9 Å². The van der Waals surface area contributed by atoms with E-state index in [2.05, 4.69) is 39.7 Å². The predicted molar refractivity (Wildman–Crippen MR) is 95.5 cm³/mol. The highest BCUT2D eigenvalue weighted by Gasteiger charge is 2.07. The van der Waals surface area contributed by atoms with Crippen molar-refractivity contribution in [2.24, 2.45) is 0 Å². The number of hydrogen-bond donors (Lipinski definition) is 2. The highest BCUT2D eigenvalue weighted by Crippen LogP contribution is 2.14. The maximum atomic E-state index is 12.1. The average molecular weight is 318 g/mol. The molecule has 0 atom stereocenters. The lowest BCUT2D eigenvalue weighted by Crippen LogP contribution is -2.13. The second-order valence-corrected chi connectivity index (χ2v) is 5.29. The summed E-state index contributed by atoms with van der Waals surface area (Å²) in [5.74, 6) is 0.218. The van der Waals surface area contributed by atoms with Crippen molar-refractivity contribution in [3.05, 3.63) is 78.1 Å². The molecule has 1 heterocycles. The van der Waals surface area contributed by atoms with Crippen molar-refractivity contribution in [3.63, 3.8) is 0 Å². The molecule has 0 aliphatic heterocycles. The molecule has 5 heteroatoms. The van der Waals surface area contributed by atoms with Crippen molar-refractivity contribution in [3.8, 4) is 0 Å². The van der Waals surface area contributed by atoms with Crippen molar-refractivity contribution >= 4 is 23.2 Å². The van der Waals surface area contributed by atoms with Gasteiger partial charge < -0.3 is 10.6 Å². The van der Waals surface area contributed by atoms with Gasteiger partial charge in [0.1, 0.15) is 0 Å². The Balaban J connectivity index is 1.65. The van der Waals surface area contributed by atoms with Crippen molar-refractivity contribution < 1.29 is 4.79 Å². The summed E-state index contributed by atoms with van der Waals surface area (Å²) < 4.78 is 0. The summed E-state index contributed by atoms with van der Waals surface area (Å²) in [4.78, 5) is 20.5. The van der Waals surface area contributed by atoms with E-state index >= 15 is 0 Å². The number of benzene rings is 2. The number of anilines is 3. The summed E-state index contributed by atoms with van der Waals surface area (Å²) in [6.45, 7) is 2.12. The molecule has 0 fully saturated rings. The van der Waals surface area contributed by atoms with Gasteiger partial charge in [-0.15, -0.1) is 0 Å². The minimum Gasteiger partial charge on any atom is -0.324 e. The van der Waals surface area contributed by atoms with E-state index in [1.54, 1.807) is 0 Å². The van der Waals surface area contributed by atoms with Crippen molar-refractivity contribution in [1.29, 1.82) is 0 Å². The van der Waals surface area contributed by atoms with E-state index in [1.165, 1.54) is 18.0 Å². The lowest BCUT2D eigenvalue weighted by molar-refractivity contribution is 0.102. The van der Waals surface area contributed by atoms with E-state index in [4.69, 9.17) is 0 Å². The number of aromatic nitrogens is 2. The Bertz CT molecular complexity index is 799. The average Bonchev–Trinajstić information content (AvgIpc) is 2.64. The predicted octanol–water partition coefficient (Wildman–Crippen LogP) is 4.03. The van der Waals surface area contributed by atoms with Crippen LogP contribution in [0, 0.1) is 0 Å². The molecule has 0 saturated heterocycles. The summed E-state index contributed by atoms with van der Waals surface area (Å²) in [6.07, 6.45) is 4.02. The first kappa shape index (κ1) is 15.7. The quantitative estimate of drug-likeness (QED) is 0.745. The molecular weight excluding hydrogens is 300 g/mol. The summed E-state index contributed by atoms with van der Waals surface area (Å²) in [6, 6.07) is 17.4. The van der Waals surface area contributed by atoms with Crippen LogP contribution in [0.2, 0.25) is 0 Å². The zero-order valence-corrected chi connectivity index (χ0v) is 13.4. The molecule has 0 saturated carbocycles. The fourth-order valence-electron chi connectivity index (χ4n) is 2.19. The molecule has 1 amide bonds. The molecule has 1 aromatic heterocycles. The third-order valence-electron chi connectivity index (χ3n) is 3.56. The zero-order chi connectivity index (χ0) is 16.8. The molecule has 0 aliphatic rings. The minimum atomic E-state index is -0.236. The first-order valence-corrected chi connectivity index (χ1v) is 7.79. The van der Waals surface area contributed by atoms with E-state index in [1.807, 2.05) is 42.5 Å². The Morgan fingerprint density at radius 2 is 1.58 bits per heavy atom. The van der Waals surface area contributed by atoms with Gasteiger partial charge in [0.25, 0.3) is 5.91 Å². The monoisotopic (exact) mass is 318 g/mol. The van der Waals surface area contributed by atoms with E-state index in [0.29, 0.717) is 11.5 Å². The molecule has 0 radical (unpaired) electrons. The highest BCUT2D eigenvalue weighted by molar-refractivity contribution is 6.03. The standard InChI is InChI=1S/C19H18N4O/c1-2-14-8-10-17(11-9-14)23-19-20-12-15(13-21-19)18(24)22-16-6-4-3-5-7-16/h3-13H,2H2,1H3,(H,22,24)(H,20,21,23). The summed E-state index contributed by atoms with van der Waals surface area (Å²) in [5, 5.41) is 5.92. The van der Waals surface area contributed by atoms with Gasteiger partial charge in [-0.2, -0.15) is 0 Å². The van der Waals surface area contributed by atoms with Gasteiger partial charge >= 0.3 is 0 Å². The van der Waals surface area contributed by atoms with Crippen LogP contribution in [-0.4, -0.2) is 15.9 Å². The van der Waals surface area contributed by atoms with Crippen LogP contribution in [-0.2, 0) is 6.42 Å². The first-order valence-electron chi connectivity index (χ1n) is 7.79. The van der Waals surface area contributed by atoms with Gasteiger partial charge in [0, 0.05) is 23.8 Å². The Kier molecular flexibility index (Phi) is 4.81. The Morgan fingerprint density at radius 3 is 2.21 bits per heavy atom. The van der Waals surface area contributed by atoms with E-state index < -0.39 is 0 Å². The van der Waals surface area contributed by atoms with Gasteiger partial charge in [-0.1, -0.05) is 37.3 Å². The maximum absolute atomic E-state index is 12.1. The smallest absolute Gasteiger partial charge is 0.258 e. The van der Waals surface area contributed by atoms with E-state index in [0.717, 1.165) is 17.8 Å². The Labute approximate surface area is 140 Å². The fourth-order valence-corrected chi connectivity index (χ4v) is 2.19. The second-order valence-electron chi connectivity index (χ2n) is 5.29. The van der Waals surface area contributed by atoms with Crippen LogP contribution in [0.4, 0.5) is 17.3 Å². The Morgan fingerprint density at radius 1 is 0.917 bits per heavy atom. The number of aryl methyl sites for hydroxylation is 1. The van der Waals surface area contributed by atoms with Crippen LogP contribution >= 0.6 is 0 Å². The SMILES string of the molecule is CCc1ccc(Nc2ncc(C(=O)Nc3ccccc3)cn2)cc1. The molecule has 120 valence electrons. The van der Waals surface area contributed by atoms with Gasteiger partial charge in [-0.25, -0.2) is 9.97 Å². The summed E-state index contributed by atoms with van der Waals surface area (Å²) in [5.41, 5.74) is 3.33. The van der Waals surface area contributed by atoms with Gasteiger partial charge in [0.05, 0.1) is 5.56 Å². The summed E-state index contributed by atoms with van der Waals surface area (Å²) >= 11 is 0. The molecule has 2 aromatic carbocycles. The molecule has 5 nitrogen and oxygen atoms in total. The number of para-hydroxylation sites is 1. The molecule has 3 aromatic rings. The van der Waals surface area contributed by atoms with E-state index in [9.17, 15) is 4.79 Å². The van der Waals surface area contributed by atoms with E-state index in [-0.39, 0.29) is 5.91 Å². The lowest BCUT2D eigenvalue weighted by atomic mass is 10.1. The van der Waals surface area contributed by atoms with Crippen LogP contribution in [0.3, 0.4) is 0 Å². The molecule has 2 N–H and O–H groups in total. The lowest BCUT2D eigenvalue weighted by Gasteiger charge is -2.07. The number of rotatable bonds is 5. The molecule has 0 bridgehead atoms. The van der Waals surface area contributed by atoms with Gasteiger partial charge in [0.2, 0.25) is 5.95 Å². The highest BCUT2D eigenvalue weighted by atomic mass is 16.1. The number of amides is 1. The normalized spacial score (nSPS) is 10.2. The number of carbonyl (C=O) groups is 1. The fraction of sp³-hybridized carbons (Fsp3) is 0.105. The molecular formula is C19H18N4O. The number of nitrogens with zero attached hydrogens (tertiary/aromatic N) is 2. The van der Waals surface area contributed by atoms with Crippen LogP contribution in [0.5, 0.6) is 0 Å². The van der Waals surface area contributed by atoms with Crippen molar-refractivity contribution in [2.45, 2.75) is 13.3 Å². The van der Waals surface area contributed by atoms with Crippen LogP contribution in [0.25, 0.3) is 0 Å². The number of carbonyl (C=O) groups excluding carboxylic acids is 1. The van der Waals surface area contributed by atoms with Crippen LogP contribution in [0.15, 0.2) is 67.0 Å². The van der Waals surface area contributed by atoms with Crippen molar-refractivity contribution in [2.75, 3.05) is 10.6 Å². The maximum Gasteiger partial charge on any atom is 0.258 e. The summed E-state index contributed by atoms with van der Waals surface area (Å²) in [7, 11) is 0. The van der Waals surface area contributed by atoms with Crippen LogP contribution in [0.1, 0.15) is 22.8 Å². The molecule has 0 unspecified atom stereocenters. The molecule has 0 spiro atoms. The number of nitrogens with one attached hydrogen (secondary N) is 2. The third kappa shape index (κ3) is 3.95. The largest absolute Gasteiger partial charge is 0.324 e. The van der Waals surface area contributed by atoms with Gasteiger partial charge in [0.15, 0.2) is 0 Å².